The maximum Gasteiger partial charge on any atom is 0.165 e. The van der Waals surface area contributed by atoms with Crippen molar-refractivity contribution in [3.05, 3.63) is 60.4 Å². The number of hydrogen-bond donors (Lipinski definition) is 0. The summed E-state index contributed by atoms with van der Waals surface area (Å²) in [6.07, 6.45) is 3.76. The first-order chi connectivity index (χ1) is 11.4. The summed E-state index contributed by atoms with van der Waals surface area (Å²) < 4.78 is 13.2. The Balaban J connectivity index is 1.57. The molecule has 3 aromatic rings. The van der Waals surface area contributed by atoms with E-state index >= 15 is 0 Å². The summed E-state index contributed by atoms with van der Waals surface area (Å²) in [5.74, 6) is 0.809. The van der Waals surface area contributed by atoms with E-state index in [4.69, 9.17) is 9.47 Å². The highest BCUT2D eigenvalue weighted by molar-refractivity contribution is 5.66. The van der Waals surface area contributed by atoms with Gasteiger partial charge < -0.3 is 14.4 Å². The van der Waals surface area contributed by atoms with Gasteiger partial charge in [0.15, 0.2) is 5.75 Å². The lowest BCUT2D eigenvalue weighted by molar-refractivity contribution is 0.122. The van der Waals surface area contributed by atoms with Crippen molar-refractivity contribution in [1.82, 2.24) is 9.61 Å². The molecule has 1 aliphatic rings. The number of fused-ring (bicyclic) bond motifs is 1. The topological polar surface area (TPSA) is 39.0 Å². The Morgan fingerprint density at radius 2 is 1.91 bits per heavy atom. The fraction of sp³-hybridized carbons (Fsp3) is 0.278. The average Bonchev–Trinajstić information content (AvgIpc) is 3.04. The smallest absolute Gasteiger partial charge is 0.165 e. The Morgan fingerprint density at radius 3 is 2.74 bits per heavy atom. The highest BCUT2D eigenvalue weighted by atomic mass is 16.5. The number of rotatable bonds is 4. The zero-order valence-electron chi connectivity index (χ0n) is 12.9. The number of pyridine rings is 1. The molecule has 5 heteroatoms. The van der Waals surface area contributed by atoms with Crippen LogP contribution in [0, 0.1) is 0 Å². The number of anilines is 1. The van der Waals surface area contributed by atoms with E-state index in [1.807, 2.05) is 28.9 Å². The van der Waals surface area contributed by atoms with Crippen molar-refractivity contribution < 1.29 is 9.47 Å². The van der Waals surface area contributed by atoms with Crippen molar-refractivity contribution in [2.24, 2.45) is 0 Å². The van der Waals surface area contributed by atoms with Crippen LogP contribution in [-0.4, -0.2) is 35.9 Å². The molecule has 0 saturated carbocycles. The maximum absolute atomic E-state index is 5.96. The summed E-state index contributed by atoms with van der Waals surface area (Å²) in [5, 5.41) is 4.37. The van der Waals surface area contributed by atoms with Crippen LogP contribution in [0.1, 0.15) is 5.56 Å². The maximum atomic E-state index is 5.96. The first-order valence-electron chi connectivity index (χ1n) is 7.87. The fourth-order valence-corrected chi connectivity index (χ4v) is 2.81. The molecule has 5 nitrogen and oxygen atoms in total. The Morgan fingerprint density at radius 1 is 1.09 bits per heavy atom. The minimum absolute atomic E-state index is 0.546. The van der Waals surface area contributed by atoms with Crippen LogP contribution in [0.15, 0.2) is 54.9 Å². The summed E-state index contributed by atoms with van der Waals surface area (Å²) >= 11 is 0. The van der Waals surface area contributed by atoms with Crippen LogP contribution in [0.5, 0.6) is 5.75 Å². The van der Waals surface area contributed by atoms with Gasteiger partial charge in [-0.25, -0.2) is 4.52 Å². The van der Waals surface area contributed by atoms with Gasteiger partial charge in [-0.3, -0.25) is 0 Å². The third-order valence-corrected chi connectivity index (χ3v) is 4.08. The van der Waals surface area contributed by atoms with Crippen molar-refractivity contribution in [3.63, 3.8) is 0 Å². The third kappa shape index (κ3) is 3.00. The second-order valence-corrected chi connectivity index (χ2v) is 5.60. The van der Waals surface area contributed by atoms with Crippen LogP contribution in [0.25, 0.3) is 5.52 Å². The van der Waals surface area contributed by atoms with Crippen LogP contribution in [0.3, 0.4) is 0 Å². The number of morpholine rings is 1. The standard InChI is InChI=1S/C18H19N3O2/c1-2-4-15(5-3-1)14-23-18-13-19-21-7-6-16(12-17(18)21)20-8-10-22-11-9-20/h1-7,12-13H,8-11,14H2. The highest BCUT2D eigenvalue weighted by Gasteiger charge is 2.13. The van der Waals surface area contributed by atoms with Crippen LogP contribution in [0.2, 0.25) is 0 Å². The quantitative estimate of drug-likeness (QED) is 0.743. The molecule has 0 bridgehead atoms. The zero-order valence-corrected chi connectivity index (χ0v) is 12.9. The molecule has 118 valence electrons. The molecule has 0 unspecified atom stereocenters. The average molecular weight is 309 g/mol. The van der Waals surface area contributed by atoms with E-state index < -0.39 is 0 Å². The Bertz CT molecular complexity index is 779. The molecule has 0 atom stereocenters. The number of hydrogen-bond acceptors (Lipinski definition) is 4. The predicted molar refractivity (Wildman–Crippen MR) is 89.0 cm³/mol. The van der Waals surface area contributed by atoms with Gasteiger partial charge in [0.1, 0.15) is 12.1 Å². The lowest BCUT2D eigenvalue weighted by atomic mass is 10.2. The summed E-state index contributed by atoms with van der Waals surface area (Å²) in [4.78, 5) is 2.33. The van der Waals surface area contributed by atoms with E-state index in [-0.39, 0.29) is 0 Å². The molecule has 1 aromatic carbocycles. The SMILES string of the molecule is c1ccc(COc2cnn3ccc(N4CCOCC4)cc23)cc1. The Labute approximate surface area is 135 Å². The van der Waals surface area contributed by atoms with E-state index in [1.54, 1.807) is 6.20 Å². The molecular formula is C18H19N3O2. The van der Waals surface area contributed by atoms with Gasteiger partial charge in [-0.2, -0.15) is 5.10 Å². The van der Waals surface area contributed by atoms with E-state index in [0.29, 0.717) is 6.61 Å². The molecule has 1 saturated heterocycles. The Hall–Kier alpha value is -2.53. The monoisotopic (exact) mass is 309 g/mol. The molecule has 0 aliphatic carbocycles. The predicted octanol–water partition coefficient (Wildman–Crippen LogP) is 2.75. The molecule has 0 N–H and O–H groups in total. The minimum atomic E-state index is 0.546. The van der Waals surface area contributed by atoms with E-state index in [0.717, 1.165) is 43.1 Å². The largest absolute Gasteiger partial charge is 0.485 e. The van der Waals surface area contributed by atoms with Gasteiger partial charge in [0, 0.05) is 25.0 Å². The van der Waals surface area contributed by atoms with Gasteiger partial charge >= 0.3 is 0 Å². The van der Waals surface area contributed by atoms with Crippen molar-refractivity contribution in [1.29, 1.82) is 0 Å². The van der Waals surface area contributed by atoms with Crippen molar-refractivity contribution >= 4 is 11.2 Å². The molecule has 2 aromatic heterocycles. The lowest BCUT2D eigenvalue weighted by Crippen LogP contribution is -2.36. The number of aromatic nitrogens is 2. The molecule has 0 radical (unpaired) electrons. The first-order valence-corrected chi connectivity index (χ1v) is 7.87. The molecule has 1 fully saturated rings. The van der Waals surface area contributed by atoms with Crippen LogP contribution in [-0.2, 0) is 11.3 Å². The number of nitrogens with zero attached hydrogens (tertiary/aromatic N) is 3. The molecule has 4 rings (SSSR count). The molecule has 3 heterocycles. The number of ether oxygens (including phenoxy) is 2. The van der Waals surface area contributed by atoms with Crippen LogP contribution in [0.4, 0.5) is 5.69 Å². The van der Waals surface area contributed by atoms with Gasteiger partial charge in [-0.05, 0) is 17.7 Å². The fourth-order valence-electron chi connectivity index (χ4n) is 2.81. The molecule has 1 aliphatic heterocycles. The van der Waals surface area contributed by atoms with Gasteiger partial charge in [0.2, 0.25) is 0 Å². The Kier molecular flexibility index (Phi) is 3.86. The van der Waals surface area contributed by atoms with E-state index in [9.17, 15) is 0 Å². The summed E-state index contributed by atoms with van der Waals surface area (Å²) in [7, 11) is 0. The zero-order chi connectivity index (χ0) is 15.5. The lowest BCUT2D eigenvalue weighted by Gasteiger charge is -2.28. The van der Waals surface area contributed by atoms with Gasteiger partial charge in [-0.1, -0.05) is 30.3 Å². The first kappa shape index (κ1) is 14.1. The molecule has 23 heavy (non-hydrogen) atoms. The summed E-state index contributed by atoms with van der Waals surface area (Å²) in [5.41, 5.74) is 3.33. The van der Waals surface area contributed by atoms with Crippen LogP contribution < -0.4 is 9.64 Å². The van der Waals surface area contributed by atoms with Gasteiger partial charge in [0.25, 0.3) is 0 Å². The minimum Gasteiger partial charge on any atom is -0.485 e. The second-order valence-electron chi connectivity index (χ2n) is 5.60. The highest BCUT2D eigenvalue weighted by Crippen LogP contribution is 2.25. The summed E-state index contributed by atoms with van der Waals surface area (Å²) in [6.45, 7) is 3.95. The van der Waals surface area contributed by atoms with Gasteiger partial charge in [-0.15, -0.1) is 0 Å². The van der Waals surface area contributed by atoms with E-state index in [1.165, 1.54) is 5.69 Å². The normalized spacial score (nSPS) is 15.0. The van der Waals surface area contributed by atoms with Gasteiger partial charge in [0.05, 0.1) is 19.4 Å². The van der Waals surface area contributed by atoms with Crippen molar-refractivity contribution in [2.75, 3.05) is 31.2 Å². The van der Waals surface area contributed by atoms with E-state index in [2.05, 4.69) is 34.3 Å². The van der Waals surface area contributed by atoms with Crippen LogP contribution >= 0.6 is 0 Å². The van der Waals surface area contributed by atoms with Crippen molar-refractivity contribution in [2.45, 2.75) is 6.61 Å². The molecule has 0 amide bonds. The second kappa shape index (κ2) is 6.30. The summed E-state index contributed by atoms with van der Waals surface area (Å²) in [6, 6.07) is 14.4. The molecular weight excluding hydrogens is 290 g/mol. The van der Waals surface area contributed by atoms with Crippen molar-refractivity contribution in [3.8, 4) is 5.75 Å². The molecule has 0 spiro atoms. The number of benzene rings is 1. The third-order valence-electron chi connectivity index (χ3n) is 4.08.